The van der Waals surface area contributed by atoms with Gasteiger partial charge >= 0.3 is 0 Å². The Balaban J connectivity index is 2.27. The van der Waals surface area contributed by atoms with Crippen molar-refractivity contribution in [1.29, 1.82) is 5.26 Å². The van der Waals surface area contributed by atoms with Gasteiger partial charge in [0, 0.05) is 10.2 Å². The maximum absolute atomic E-state index is 12.5. The second-order valence-corrected chi connectivity index (χ2v) is 8.38. The molecule has 0 aliphatic carbocycles. The zero-order valence-electron chi connectivity index (χ0n) is 12.4. The van der Waals surface area contributed by atoms with Gasteiger partial charge in [-0.15, -0.1) is 0 Å². The summed E-state index contributed by atoms with van der Waals surface area (Å²) in [5.41, 5.74) is 1.81. The third-order valence-corrected chi connectivity index (χ3v) is 5.86. The van der Waals surface area contributed by atoms with Gasteiger partial charge < -0.3 is 0 Å². The van der Waals surface area contributed by atoms with Gasteiger partial charge in [0.25, 0.3) is 0 Å². The van der Waals surface area contributed by atoms with Crippen LogP contribution in [0.3, 0.4) is 0 Å². The van der Waals surface area contributed by atoms with Gasteiger partial charge in [-0.25, -0.2) is 13.1 Å². The number of benzene rings is 2. The summed E-state index contributed by atoms with van der Waals surface area (Å²) >= 11 is 4.38. The minimum atomic E-state index is -3.65. The van der Waals surface area contributed by atoms with E-state index in [1.807, 2.05) is 36.6 Å². The second kappa shape index (κ2) is 7.97. The molecule has 0 saturated heterocycles. The normalized spacial score (nSPS) is 12.6. The third-order valence-electron chi connectivity index (χ3n) is 3.22. The van der Waals surface area contributed by atoms with E-state index in [1.165, 1.54) is 0 Å². The SMILES string of the molecule is Cc1ccc(S(=O)(=O)NC(CSC#N)c2ccc(Br)cc2)cc1. The Labute approximate surface area is 149 Å². The standard InChI is InChI=1S/C16H15BrN2O2S2/c1-12-2-8-15(9-3-12)23(20,21)19-16(10-22-11-18)13-4-6-14(17)7-5-13/h2-9,16,19H,10H2,1H3. The van der Waals surface area contributed by atoms with Gasteiger partial charge in [-0.3, -0.25) is 0 Å². The lowest BCUT2D eigenvalue weighted by atomic mass is 10.1. The topological polar surface area (TPSA) is 70.0 Å². The summed E-state index contributed by atoms with van der Waals surface area (Å²) in [4.78, 5) is 0.215. The van der Waals surface area contributed by atoms with Crippen molar-refractivity contribution in [2.24, 2.45) is 0 Å². The zero-order chi connectivity index (χ0) is 16.9. The molecule has 1 N–H and O–H groups in total. The van der Waals surface area contributed by atoms with Crippen LogP contribution in [0.25, 0.3) is 0 Å². The van der Waals surface area contributed by atoms with Crippen LogP contribution in [-0.4, -0.2) is 14.2 Å². The summed E-state index contributed by atoms with van der Waals surface area (Å²) in [7, 11) is -3.65. The third kappa shape index (κ3) is 5.08. The van der Waals surface area contributed by atoms with Crippen molar-refractivity contribution in [1.82, 2.24) is 4.72 Å². The predicted octanol–water partition coefficient (Wildman–Crippen LogP) is 3.99. The van der Waals surface area contributed by atoms with E-state index in [-0.39, 0.29) is 4.90 Å². The first-order valence-electron chi connectivity index (χ1n) is 6.78. The van der Waals surface area contributed by atoms with Gasteiger partial charge in [-0.05, 0) is 48.5 Å². The highest BCUT2D eigenvalue weighted by Gasteiger charge is 2.21. The van der Waals surface area contributed by atoms with Gasteiger partial charge in [0.05, 0.1) is 10.9 Å². The lowest BCUT2D eigenvalue weighted by Gasteiger charge is -2.18. The number of nitrogens with zero attached hydrogens (tertiary/aromatic N) is 1. The maximum Gasteiger partial charge on any atom is 0.241 e. The van der Waals surface area contributed by atoms with Crippen LogP contribution in [0, 0.1) is 17.6 Å². The number of sulfonamides is 1. The van der Waals surface area contributed by atoms with Crippen molar-refractivity contribution in [3.8, 4) is 5.40 Å². The molecule has 0 aromatic heterocycles. The van der Waals surface area contributed by atoms with Crippen LogP contribution in [-0.2, 0) is 10.0 Å². The van der Waals surface area contributed by atoms with Gasteiger partial charge in [0.15, 0.2) is 0 Å². The summed E-state index contributed by atoms with van der Waals surface area (Å²) < 4.78 is 28.7. The molecule has 0 aliphatic rings. The number of rotatable bonds is 6. The van der Waals surface area contributed by atoms with Crippen LogP contribution >= 0.6 is 27.7 Å². The van der Waals surface area contributed by atoms with E-state index in [1.54, 1.807) is 24.3 Å². The summed E-state index contributed by atoms with van der Waals surface area (Å²) in [6.07, 6.45) is 0. The molecule has 0 fully saturated rings. The molecule has 23 heavy (non-hydrogen) atoms. The second-order valence-electron chi connectivity index (χ2n) is 4.94. The van der Waals surface area contributed by atoms with Crippen LogP contribution in [0.1, 0.15) is 17.2 Å². The largest absolute Gasteiger partial charge is 0.241 e. The molecule has 0 heterocycles. The molecule has 2 aromatic rings. The van der Waals surface area contributed by atoms with E-state index in [0.717, 1.165) is 27.4 Å². The first kappa shape index (κ1) is 18.0. The van der Waals surface area contributed by atoms with Crippen molar-refractivity contribution in [2.45, 2.75) is 17.9 Å². The monoisotopic (exact) mass is 410 g/mol. The molecule has 0 radical (unpaired) electrons. The molecule has 0 saturated carbocycles. The number of thiocyanates is 1. The fraction of sp³-hybridized carbons (Fsp3) is 0.188. The number of halogens is 1. The van der Waals surface area contributed by atoms with E-state index in [4.69, 9.17) is 5.26 Å². The molecule has 1 unspecified atom stereocenters. The van der Waals surface area contributed by atoms with Crippen molar-refractivity contribution in [3.63, 3.8) is 0 Å². The molecule has 1 atom stereocenters. The fourth-order valence-electron chi connectivity index (χ4n) is 1.99. The van der Waals surface area contributed by atoms with Gasteiger partial charge in [0.1, 0.15) is 5.40 Å². The molecule has 0 bridgehead atoms. The summed E-state index contributed by atoms with van der Waals surface area (Å²) in [5.74, 6) is 0.337. The first-order chi connectivity index (χ1) is 10.9. The molecule has 0 aliphatic heterocycles. The van der Waals surface area contributed by atoms with Crippen molar-refractivity contribution in [3.05, 3.63) is 64.1 Å². The van der Waals surface area contributed by atoms with E-state index < -0.39 is 16.1 Å². The number of thioether (sulfide) groups is 1. The van der Waals surface area contributed by atoms with Crippen LogP contribution in [0.4, 0.5) is 0 Å². The Morgan fingerprint density at radius 1 is 1.17 bits per heavy atom. The highest BCUT2D eigenvalue weighted by atomic mass is 79.9. The van der Waals surface area contributed by atoms with Crippen LogP contribution in [0.15, 0.2) is 57.9 Å². The number of hydrogen-bond acceptors (Lipinski definition) is 4. The van der Waals surface area contributed by atoms with Crippen LogP contribution in [0.5, 0.6) is 0 Å². The van der Waals surface area contributed by atoms with E-state index >= 15 is 0 Å². The Kier molecular flexibility index (Phi) is 6.25. The average molecular weight is 411 g/mol. The number of nitrogens with one attached hydrogen (secondary N) is 1. The molecule has 4 nitrogen and oxygen atoms in total. The highest BCUT2D eigenvalue weighted by molar-refractivity contribution is 9.10. The summed E-state index contributed by atoms with van der Waals surface area (Å²) in [6, 6.07) is 13.6. The molecule has 0 spiro atoms. The van der Waals surface area contributed by atoms with E-state index in [2.05, 4.69) is 20.7 Å². The van der Waals surface area contributed by atoms with Gasteiger partial charge in [-0.1, -0.05) is 45.8 Å². The lowest BCUT2D eigenvalue weighted by Crippen LogP contribution is -2.30. The average Bonchev–Trinajstić information content (AvgIpc) is 2.52. The zero-order valence-corrected chi connectivity index (χ0v) is 15.6. The Morgan fingerprint density at radius 2 is 1.78 bits per heavy atom. The molecular formula is C16H15BrN2O2S2. The Morgan fingerprint density at radius 3 is 2.35 bits per heavy atom. The van der Waals surface area contributed by atoms with Crippen LogP contribution < -0.4 is 4.72 Å². The van der Waals surface area contributed by atoms with Gasteiger partial charge in [-0.2, -0.15) is 5.26 Å². The quantitative estimate of drug-likeness (QED) is 0.730. The number of nitriles is 1. The smallest absolute Gasteiger partial charge is 0.207 e. The maximum atomic E-state index is 12.5. The molecule has 7 heteroatoms. The lowest BCUT2D eigenvalue weighted by molar-refractivity contribution is 0.568. The van der Waals surface area contributed by atoms with E-state index in [0.29, 0.717) is 5.75 Å². The molecule has 0 amide bonds. The minimum Gasteiger partial charge on any atom is -0.207 e. The first-order valence-corrected chi connectivity index (χ1v) is 10.0. The van der Waals surface area contributed by atoms with Crippen molar-refractivity contribution < 1.29 is 8.42 Å². The van der Waals surface area contributed by atoms with Gasteiger partial charge in [0.2, 0.25) is 10.0 Å². The fourth-order valence-corrected chi connectivity index (χ4v) is 4.10. The molecule has 120 valence electrons. The minimum absolute atomic E-state index is 0.215. The molecule has 2 aromatic carbocycles. The number of aryl methyl sites for hydroxylation is 1. The Hall–Kier alpha value is -1.33. The van der Waals surface area contributed by atoms with Crippen molar-refractivity contribution in [2.75, 3.05) is 5.75 Å². The summed E-state index contributed by atoms with van der Waals surface area (Å²) in [6.45, 7) is 1.90. The molecule has 2 rings (SSSR count). The Bertz CT molecular complexity index is 797. The van der Waals surface area contributed by atoms with E-state index in [9.17, 15) is 8.42 Å². The van der Waals surface area contributed by atoms with Crippen molar-refractivity contribution >= 4 is 37.7 Å². The molecular weight excluding hydrogens is 396 g/mol. The van der Waals surface area contributed by atoms with Crippen LogP contribution in [0.2, 0.25) is 0 Å². The number of hydrogen-bond donors (Lipinski definition) is 1. The summed E-state index contributed by atoms with van der Waals surface area (Å²) in [5, 5.41) is 10.8. The predicted molar refractivity (Wildman–Crippen MR) is 96.5 cm³/mol. The highest BCUT2D eigenvalue weighted by Crippen LogP contribution is 2.23.